The van der Waals surface area contributed by atoms with E-state index in [9.17, 15) is 4.39 Å². The minimum atomic E-state index is -0.320. The van der Waals surface area contributed by atoms with E-state index in [0.29, 0.717) is 22.9 Å². The van der Waals surface area contributed by atoms with Crippen LogP contribution in [0.1, 0.15) is 5.69 Å². The number of thiazole rings is 1. The lowest BCUT2D eigenvalue weighted by Gasteiger charge is -2.08. The van der Waals surface area contributed by atoms with E-state index in [4.69, 9.17) is 14.5 Å². The Balaban J connectivity index is 1.69. The summed E-state index contributed by atoms with van der Waals surface area (Å²) in [5, 5.41) is 11.1. The molecule has 0 aliphatic rings. The third-order valence-electron chi connectivity index (χ3n) is 4.33. The second-order valence-electron chi connectivity index (χ2n) is 6.02. The molecule has 0 radical (unpaired) electrons. The summed E-state index contributed by atoms with van der Waals surface area (Å²) in [5.41, 5.74) is 3.80. The molecule has 2 aromatic carbocycles. The molecule has 0 saturated heterocycles. The van der Waals surface area contributed by atoms with Crippen molar-refractivity contribution < 1.29 is 13.9 Å². The summed E-state index contributed by atoms with van der Waals surface area (Å²) in [7, 11) is 3.20. The molecule has 0 aliphatic carbocycles. The molecule has 0 saturated carbocycles. The molecule has 0 fully saturated rings. The highest BCUT2D eigenvalue weighted by Crippen LogP contribution is 2.35. The van der Waals surface area contributed by atoms with E-state index in [1.165, 1.54) is 23.5 Å². The number of benzene rings is 2. The van der Waals surface area contributed by atoms with E-state index in [1.54, 1.807) is 31.0 Å². The zero-order chi connectivity index (χ0) is 19.7. The van der Waals surface area contributed by atoms with Crippen LogP contribution in [0, 0.1) is 12.7 Å². The van der Waals surface area contributed by atoms with Crippen molar-refractivity contribution in [2.75, 3.05) is 14.2 Å². The lowest BCUT2D eigenvalue weighted by molar-refractivity contribution is 0.355. The third-order valence-corrected chi connectivity index (χ3v) is 5.18. The summed E-state index contributed by atoms with van der Waals surface area (Å²) in [6.45, 7) is 1.89. The van der Waals surface area contributed by atoms with Crippen molar-refractivity contribution in [3.05, 3.63) is 59.4 Å². The predicted molar refractivity (Wildman–Crippen MR) is 106 cm³/mol. The van der Waals surface area contributed by atoms with Crippen molar-refractivity contribution in [3.63, 3.8) is 0 Å². The topological polar surface area (TPSA) is 62.1 Å². The molecular formula is C20H17FN4O2S. The highest BCUT2D eigenvalue weighted by Gasteiger charge is 2.17. The van der Waals surface area contributed by atoms with Crippen LogP contribution < -0.4 is 9.47 Å². The van der Waals surface area contributed by atoms with Crippen molar-refractivity contribution in [1.82, 2.24) is 20.0 Å². The van der Waals surface area contributed by atoms with Gasteiger partial charge < -0.3 is 9.47 Å². The summed E-state index contributed by atoms with van der Waals surface area (Å²) in [5.74, 6) is 0.984. The van der Waals surface area contributed by atoms with E-state index in [1.807, 2.05) is 30.5 Å². The van der Waals surface area contributed by atoms with Gasteiger partial charge in [-0.1, -0.05) is 11.3 Å². The molecule has 4 aromatic rings. The first kappa shape index (κ1) is 18.1. The highest BCUT2D eigenvalue weighted by molar-refractivity contribution is 7.13. The van der Waals surface area contributed by atoms with Crippen LogP contribution in [-0.4, -0.2) is 34.2 Å². The molecule has 0 spiro atoms. The molecule has 2 heterocycles. The fourth-order valence-electron chi connectivity index (χ4n) is 2.89. The zero-order valence-corrected chi connectivity index (χ0v) is 16.3. The second kappa shape index (κ2) is 7.40. The van der Waals surface area contributed by atoms with Crippen LogP contribution >= 0.6 is 11.3 Å². The smallest absolute Gasteiger partial charge is 0.161 e. The van der Waals surface area contributed by atoms with Crippen LogP contribution in [0.15, 0.2) is 47.8 Å². The molecule has 28 heavy (non-hydrogen) atoms. The summed E-state index contributed by atoms with van der Waals surface area (Å²) in [4.78, 5) is 4.70. The van der Waals surface area contributed by atoms with Crippen molar-refractivity contribution in [1.29, 1.82) is 0 Å². The van der Waals surface area contributed by atoms with Crippen molar-refractivity contribution in [2.45, 2.75) is 6.92 Å². The van der Waals surface area contributed by atoms with Gasteiger partial charge in [0.25, 0.3) is 0 Å². The summed E-state index contributed by atoms with van der Waals surface area (Å²) in [6, 6.07) is 11.9. The number of ether oxygens (including phenoxy) is 2. The Morgan fingerprint density at radius 3 is 2.61 bits per heavy atom. The number of hydrogen-bond donors (Lipinski definition) is 0. The molecule has 0 unspecified atom stereocenters. The minimum Gasteiger partial charge on any atom is -0.493 e. The van der Waals surface area contributed by atoms with Gasteiger partial charge in [-0.05, 0) is 43.3 Å². The van der Waals surface area contributed by atoms with Crippen molar-refractivity contribution >= 4 is 11.3 Å². The maximum atomic E-state index is 13.5. The Hall–Kier alpha value is -3.26. The van der Waals surface area contributed by atoms with Gasteiger partial charge in [0.15, 0.2) is 11.5 Å². The number of hydrogen-bond acceptors (Lipinski definition) is 6. The Morgan fingerprint density at radius 1 is 1.04 bits per heavy atom. The maximum absolute atomic E-state index is 13.5. The Kier molecular flexibility index (Phi) is 4.79. The molecule has 0 aliphatic heterocycles. The average molecular weight is 396 g/mol. The molecule has 2 aromatic heterocycles. The average Bonchev–Trinajstić information content (AvgIpc) is 3.34. The van der Waals surface area contributed by atoms with Gasteiger partial charge in [0.05, 0.1) is 31.3 Å². The molecule has 6 nitrogen and oxygen atoms in total. The fourth-order valence-corrected chi connectivity index (χ4v) is 3.75. The number of nitrogens with zero attached hydrogens (tertiary/aromatic N) is 4. The first-order valence-electron chi connectivity index (χ1n) is 8.47. The molecule has 0 bridgehead atoms. The molecule has 142 valence electrons. The number of aromatic nitrogens is 4. The van der Waals surface area contributed by atoms with Crippen LogP contribution in [0.5, 0.6) is 11.5 Å². The quantitative estimate of drug-likeness (QED) is 0.496. The largest absolute Gasteiger partial charge is 0.493 e. The molecular weight excluding hydrogens is 379 g/mol. The molecule has 0 amide bonds. The van der Waals surface area contributed by atoms with Crippen LogP contribution in [0.3, 0.4) is 0 Å². The minimum absolute atomic E-state index is 0.320. The summed E-state index contributed by atoms with van der Waals surface area (Å²) in [6.07, 6.45) is 0. The zero-order valence-electron chi connectivity index (χ0n) is 15.5. The van der Waals surface area contributed by atoms with E-state index in [-0.39, 0.29) is 5.82 Å². The SMILES string of the molecule is COc1ccc(-c2csc(-c3nnn(-c4cccc(F)c4)c3C)n2)cc1OC. The van der Waals surface area contributed by atoms with Gasteiger partial charge in [0.1, 0.15) is 16.5 Å². The number of rotatable bonds is 5. The lowest BCUT2D eigenvalue weighted by Crippen LogP contribution is -1.99. The monoisotopic (exact) mass is 396 g/mol. The first-order valence-corrected chi connectivity index (χ1v) is 9.35. The van der Waals surface area contributed by atoms with E-state index < -0.39 is 0 Å². The van der Waals surface area contributed by atoms with Gasteiger partial charge in [-0.15, -0.1) is 16.4 Å². The first-order chi connectivity index (χ1) is 13.6. The summed E-state index contributed by atoms with van der Waals surface area (Å²) < 4.78 is 25.8. The Labute approximate surface area is 165 Å². The van der Waals surface area contributed by atoms with Gasteiger partial charge in [-0.25, -0.2) is 14.1 Å². The standard InChI is InChI=1S/C20H17FN4O2S/c1-12-19(23-24-25(12)15-6-4-5-14(21)10-15)20-22-16(11-28-20)13-7-8-17(26-2)18(9-13)27-3/h4-11H,1-3H3. The lowest BCUT2D eigenvalue weighted by atomic mass is 10.1. The predicted octanol–water partition coefficient (Wildman–Crippen LogP) is 4.52. The van der Waals surface area contributed by atoms with E-state index in [0.717, 1.165) is 22.0 Å². The van der Waals surface area contributed by atoms with Gasteiger partial charge in [0.2, 0.25) is 0 Å². The second-order valence-corrected chi connectivity index (χ2v) is 6.88. The molecule has 4 rings (SSSR count). The van der Waals surface area contributed by atoms with Crippen molar-refractivity contribution in [2.24, 2.45) is 0 Å². The third kappa shape index (κ3) is 3.22. The van der Waals surface area contributed by atoms with Crippen molar-refractivity contribution in [3.8, 4) is 39.1 Å². The van der Waals surface area contributed by atoms with Crippen LogP contribution in [0.4, 0.5) is 4.39 Å². The van der Waals surface area contributed by atoms with Crippen LogP contribution in [0.25, 0.3) is 27.6 Å². The van der Waals surface area contributed by atoms with Gasteiger partial charge >= 0.3 is 0 Å². The summed E-state index contributed by atoms with van der Waals surface area (Å²) >= 11 is 1.47. The van der Waals surface area contributed by atoms with Gasteiger partial charge in [-0.3, -0.25) is 0 Å². The number of halogens is 1. The van der Waals surface area contributed by atoms with E-state index in [2.05, 4.69) is 10.3 Å². The van der Waals surface area contributed by atoms with Crippen LogP contribution in [-0.2, 0) is 0 Å². The normalized spacial score (nSPS) is 10.9. The maximum Gasteiger partial charge on any atom is 0.161 e. The Morgan fingerprint density at radius 2 is 1.86 bits per heavy atom. The number of methoxy groups -OCH3 is 2. The van der Waals surface area contributed by atoms with E-state index >= 15 is 0 Å². The fraction of sp³-hybridized carbons (Fsp3) is 0.150. The van der Waals surface area contributed by atoms with Gasteiger partial charge in [0, 0.05) is 10.9 Å². The molecule has 0 atom stereocenters. The Bertz CT molecular complexity index is 1140. The molecule has 0 N–H and O–H groups in total. The van der Waals surface area contributed by atoms with Crippen LogP contribution in [0.2, 0.25) is 0 Å². The highest BCUT2D eigenvalue weighted by atomic mass is 32.1. The molecule has 8 heteroatoms. The van der Waals surface area contributed by atoms with Gasteiger partial charge in [-0.2, -0.15) is 0 Å².